The molecule has 0 saturated heterocycles. The van der Waals surface area contributed by atoms with Gasteiger partial charge < -0.3 is 15.8 Å². The van der Waals surface area contributed by atoms with Gasteiger partial charge in [0.2, 0.25) is 15.9 Å². The number of hydrogen-bond donors (Lipinski definition) is 2. The first-order chi connectivity index (χ1) is 9.87. The van der Waals surface area contributed by atoms with Gasteiger partial charge in [-0.2, -0.15) is 4.31 Å². The Morgan fingerprint density at radius 3 is 2.76 bits per heavy atom. The molecule has 1 aromatic rings. The molecule has 8 nitrogen and oxygen atoms in total. The summed E-state index contributed by atoms with van der Waals surface area (Å²) in [6.45, 7) is 0.704. The largest absolute Gasteiger partial charge is 0.385 e. The fourth-order valence-electron chi connectivity index (χ4n) is 1.51. The number of rotatable bonds is 8. The van der Waals surface area contributed by atoms with E-state index in [0.717, 1.165) is 10.5 Å². The number of likely N-dealkylation sites (N-methyl/N-ethyl adjacent to an activating group) is 1. The molecular weight excluding hydrogens is 296 g/mol. The van der Waals surface area contributed by atoms with E-state index in [4.69, 9.17) is 10.5 Å². The van der Waals surface area contributed by atoms with Gasteiger partial charge in [0.1, 0.15) is 10.7 Å². The summed E-state index contributed by atoms with van der Waals surface area (Å²) in [5.41, 5.74) is 5.41. The van der Waals surface area contributed by atoms with Crippen molar-refractivity contribution in [1.82, 2.24) is 14.6 Å². The van der Waals surface area contributed by atoms with E-state index in [1.807, 2.05) is 0 Å². The second-order valence-electron chi connectivity index (χ2n) is 4.38. The minimum absolute atomic E-state index is 0.00798. The smallest absolute Gasteiger partial charge is 0.244 e. The number of pyridine rings is 1. The molecule has 1 amide bonds. The summed E-state index contributed by atoms with van der Waals surface area (Å²) in [5.74, 6) is -0.145. The van der Waals surface area contributed by atoms with Crippen LogP contribution in [-0.4, -0.2) is 57.5 Å². The number of methoxy groups -OCH3 is 1. The van der Waals surface area contributed by atoms with Crippen molar-refractivity contribution in [3.05, 3.63) is 18.3 Å². The lowest BCUT2D eigenvalue weighted by Gasteiger charge is -2.16. The zero-order valence-corrected chi connectivity index (χ0v) is 12.9. The molecule has 1 aromatic heterocycles. The summed E-state index contributed by atoms with van der Waals surface area (Å²) in [6, 6.07) is 2.75. The Labute approximate surface area is 124 Å². The minimum atomic E-state index is -3.76. The normalized spacial score (nSPS) is 11.6. The standard InChI is InChI=1S/C12H20N4O4S/c1-16(9-12(17)14-6-3-7-20-2)21(18,19)10-4-5-11(13)15-8-10/h4-5,8H,3,6-7,9H2,1-2H3,(H2,13,15)(H,14,17). The molecule has 9 heteroatoms. The fraction of sp³-hybridized carbons (Fsp3) is 0.500. The van der Waals surface area contributed by atoms with Gasteiger partial charge in [0.25, 0.3) is 0 Å². The summed E-state index contributed by atoms with van der Waals surface area (Å²) in [6.07, 6.45) is 1.83. The Bertz CT molecular complexity index is 559. The van der Waals surface area contributed by atoms with Crippen molar-refractivity contribution >= 4 is 21.7 Å². The summed E-state index contributed by atoms with van der Waals surface area (Å²) >= 11 is 0. The van der Waals surface area contributed by atoms with Crippen LogP contribution in [0, 0.1) is 0 Å². The van der Waals surface area contributed by atoms with Crippen molar-refractivity contribution < 1.29 is 17.9 Å². The van der Waals surface area contributed by atoms with Crippen molar-refractivity contribution in [2.45, 2.75) is 11.3 Å². The molecule has 0 aliphatic carbocycles. The maximum atomic E-state index is 12.2. The van der Waals surface area contributed by atoms with E-state index in [-0.39, 0.29) is 23.2 Å². The molecule has 0 aliphatic rings. The van der Waals surface area contributed by atoms with Gasteiger partial charge in [-0.05, 0) is 18.6 Å². The van der Waals surface area contributed by atoms with E-state index in [2.05, 4.69) is 10.3 Å². The molecule has 21 heavy (non-hydrogen) atoms. The summed E-state index contributed by atoms with van der Waals surface area (Å²) in [5, 5.41) is 2.62. The Hall–Kier alpha value is -1.71. The number of carbonyl (C=O) groups excluding carboxylic acids is 1. The number of nitrogen functional groups attached to an aromatic ring is 1. The van der Waals surface area contributed by atoms with Crippen molar-refractivity contribution in [3.8, 4) is 0 Å². The third-order valence-electron chi connectivity index (χ3n) is 2.68. The van der Waals surface area contributed by atoms with Crippen molar-refractivity contribution in [2.24, 2.45) is 0 Å². The van der Waals surface area contributed by atoms with Gasteiger partial charge in [-0.15, -0.1) is 0 Å². The van der Waals surface area contributed by atoms with Gasteiger partial charge in [-0.25, -0.2) is 13.4 Å². The van der Waals surface area contributed by atoms with E-state index in [1.165, 1.54) is 19.2 Å². The fourth-order valence-corrected chi connectivity index (χ4v) is 2.58. The molecule has 1 rings (SSSR count). The van der Waals surface area contributed by atoms with E-state index in [1.54, 1.807) is 7.11 Å². The Kier molecular flexibility index (Phi) is 6.53. The number of amides is 1. The molecule has 0 aliphatic heterocycles. The number of carbonyl (C=O) groups is 1. The van der Waals surface area contributed by atoms with Gasteiger partial charge >= 0.3 is 0 Å². The Morgan fingerprint density at radius 2 is 2.19 bits per heavy atom. The molecule has 0 atom stereocenters. The number of anilines is 1. The lowest BCUT2D eigenvalue weighted by Crippen LogP contribution is -2.38. The molecule has 1 heterocycles. The molecule has 0 radical (unpaired) electrons. The monoisotopic (exact) mass is 316 g/mol. The van der Waals surface area contributed by atoms with Crippen LogP contribution < -0.4 is 11.1 Å². The highest BCUT2D eigenvalue weighted by molar-refractivity contribution is 7.89. The number of aromatic nitrogens is 1. The predicted molar refractivity (Wildman–Crippen MR) is 78.0 cm³/mol. The maximum Gasteiger partial charge on any atom is 0.244 e. The number of nitrogens with two attached hydrogens (primary N) is 1. The number of sulfonamides is 1. The first kappa shape index (κ1) is 17.3. The van der Waals surface area contributed by atoms with Crippen molar-refractivity contribution in [2.75, 3.05) is 39.6 Å². The van der Waals surface area contributed by atoms with Gasteiger partial charge in [0.05, 0.1) is 6.54 Å². The second-order valence-corrected chi connectivity index (χ2v) is 6.42. The van der Waals surface area contributed by atoms with Crippen molar-refractivity contribution in [3.63, 3.8) is 0 Å². The van der Waals surface area contributed by atoms with Crippen LogP contribution in [0.1, 0.15) is 6.42 Å². The number of ether oxygens (including phenoxy) is 1. The van der Waals surface area contributed by atoms with Crippen molar-refractivity contribution in [1.29, 1.82) is 0 Å². The van der Waals surface area contributed by atoms with Crippen LogP contribution in [0.25, 0.3) is 0 Å². The zero-order chi connectivity index (χ0) is 15.9. The Balaban J connectivity index is 2.59. The third kappa shape index (κ3) is 5.29. The van der Waals surface area contributed by atoms with Crippen LogP contribution >= 0.6 is 0 Å². The molecule has 3 N–H and O–H groups in total. The molecule has 0 saturated carbocycles. The maximum absolute atomic E-state index is 12.2. The number of hydrogen-bond acceptors (Lipinski definition) is 6. The van der Waals surface area contributed by atoms with Crippen LogP contribution in [0.15, 0.2) is 23.2 Å². The summed E-state index contributed by atoms with van der Waals surface area (Å²) < 4.78 is 30.2. The van der Waals surface area contributed by atoms with E-state index in [9.17, 15) is 13.2 Å². The van der Waals surface area contributed by atoms with Crippen LogP contribution in [0.2, 0.25) is 0 Å². The molecule has 118 valence electrons. The van der Waals surface area contributed by atoms with Gasteiger partial charge in [0, 0.05) is 33.5 Å². The SMILES string of the molecule is COCCCNC(=O)CN(C)S(=O)(=O)c1ccc(N)nc1. The van der Waals surface area contributed by atoms with Gasteiger partial charge in [-0.1, -0.05) is 0 Å². The molecule has 0 unspecified atom stereocenters. The molecular formula is C12H20N4O4S. The highest BCUT2D eigenvalue weighted by Gasteiger charge is 2.23. The molecule has 0 bridgehead atoms. The zero-order valence-electron chi connectivity index (χ0n) is 12.1. The molecule has 0 aromatic carbocycles. The summed E-state index contributed by atoms with van der Waals surface area (Å²) in [7, 11) is -0.850. The first-order valence-electron chi connectivity index (χ1n) is 6.31. The molecule has 0 fully saturated rings. The third-order valence-corrected chi connectivity index (χ3v) is 4.47. The Morgan fingerprint density at radius 1 is 1.48 bits per heavy atom. The van der Waals surface area contributed by atoms with Crippen LogP contribution in [0.4, 0.5) is 5.82 Å². The van der Waals surface area contributed by atoms with Crippen LogP contribution in [0.3, 0.4) is 0 Å². The minimum Gasteiger partial charge on any atom is -0.385 e. The average Bonchev–Trinajstić information content (AvgIpc) is 2.44. The first-order valence-corrected chi connectivity index (χ1v) is 7.75. The topological polar surface area (TPSA) is 115 Å². The van der Waals surface area contributed by atoms with Crippen LogP contribution in [0.5, 0.6) is 0 Å². The van der Waals surface area contributed by atoms with E-state index < -0.39 is 10.0 Å². The highest BCUT2D eigenvalue weighted by Crippen LogP contribution is 2.13. The average molecular weight is 316 g/mol. The lowest BCUT2D eigenvalue weighted by molar-refractivity contribution is -0.121. The quantitative estimate of drug-likeness (QED) is 0.621. The summed E-state index contributed by atoms with van der Waals surface area (Å²) in [4.78, 5) is 15.4. The molecule has 0 spiro atoms. The van der Waals surface area contributed by atoms with Gasteiger partial charge in [0.15, 0.2) is 0 Å². The number of nitrogens with one attached hydrogen (secondary N) is 1. The predicted octanol–water partition coefficient (Wildman–Crippen LogP) is -0.563. The lowest BCUT2D eigenvalue weighted by atomic mass is 10.4. The van der Waals surface area contributed by atoms with Gasteiger partial charge in [-0.3, -0.25) is 4.79 Å². The van der Waals surface area contributed by atoms with E-state index in [0.29, 0.717) is 19.6 Å². The second kappa shape index (κ2) is 7.91. The highest BCUT2D eigenvalue weighted by atomic mass is 32.2. The van der Waals surface area contributed by atoms with E-state index >= 15 is 0 Å². The van der Waals surface area contributed by atoms with Crippen LogP contribution in [-0.2, 0) is 19.6 Å². The number of nitrogens with zero attached hydrogens (tertiary/aromatic N) is 2.